The van der Waals surface area contributed by atoms with Gasteiger partial charge in [0.05, 0.1) is 19.0 Å². The van der Waals surface area contributed by atoms with Gasteiger partial charge in [0.2, 0.25) is 0 Å². The molecular weight excluding hydrogens is 198 g/mol. The number of nitrogens with zero attached hydrogens (tertiary/aromatic N) is 1. The number of hydrogen-bond donors (Lipinski definition) is 2. The molecule has 2 N–H and O–H groups in total. The molecule has 1 rings (SSSR count). The van der Waals surface area contributed by atoms with E-state index in [0.29, 0.717) is 12.7 Å². The number of aromatic amines is 1. The van der Waals surface area contributed by atoms with Crippen LogP contribution in [0.1, 0.15) is 12.6 Å². The van der Waals surface area contributed by atoms with E-state index in [1.165, 1.54) is 6.33 Å². The number of amides is 1. The topological polar surface area (TPSA) is 84.1 Å². The van der Waals surface area contributed by atoms with Gasteiger partial charge in [0.15, 0.2) is 0 Å². The Bertz CT molecular complexity index is 310. The van der Waals surface area contributed by atoms with Gasteiger partial charge in [-0.15, -0.1) is 0 Å². The third kappa shape index (κ3) is 3.80. The first kappa shape index (κ1) is 11.2. The first-order chi connectivity index (χ1) is 7.26. The number of carbonyl (C=O) groups is 2. The second-order valence-electron chi connectivity index (χ2n) is 2.89. The summed E-state index contributed by atoms with van der Waals surface area (Å²) in [7, 11) is 0. The van der Waals surface area contributed by atoms with E-state index in [-0.39, 0.29) is 6.61 Å². The average Bonchev–Trinajstić information content (AvgIpc) is 2.70. The van der Waals surface area contributed by atoms with E-state index in [0.717, 1.165) is 5.69 Å². The Kier molecular flexibility index (Phi) is 4.33. The minimum absolute atomic E-state index is 0.279. The van der Waals surface area contributed by atoms with Crippen molar-refractivity contribution in [1.29, 1.82) is 0 Å². The molecule has 6 nitrogen and oxygen atoms in total. The maximum absolute atomic E-state index is 11.0. The molecule has 1 heterocycles. The first-order valence-electron chi connectivity index (χ1n) is 4.62. The molecule has 0 spiro atoms. The van der Waals surface area contributed by atoms with Gasteiger partial charge in [0, 0.05) is 18.3 Å². The van der Waals surface area contributed by atoms with Crippen molar-refractivity contribution in [3.05, 3.63) is 18.2 Å². The van der Waals surface area contributed by atoms with Crippen molar-refractivity contribution in [1.82, 2.24) is 15.3 Å². The van der Waals surface area contributed by atoms with E-state index in [4.69, 9.17) is 0 Å². The van der Waals surface area contributed by atoms with Gasteiger partial charge in [-0.2, -0.15) is 0 Å². The van der Waals surface area contributed by atoms with Gasteiger partial charge < -0.3 is 19.8 Å². The average molecular weight is 211 g/mol. The first-order valence-corrected chi connectivity index (χ1v) is 4.62. The fraction of sp³-hybridized carbons (Fsp3) is 0.444. The van der Waals surface area contributed by atoms with E-state index in [9.17, 15) is 9.59 Å². The molecule has 0 saturated carbocycles. The molecule has 82 valence electrons. The molecule has 0 aliphatic rings. The van der Waals surface area contributed by atoms with Crippen LogP contribution in [-0.2, 0) is 16.0 Å². The fourth-order valence-corrected chi connectivity index (χ4v) is 1.09. The molecule has 1 aromatic heterocycles. The fourth-order valence-electron chi connectivity index (χ4n) is 1.09. The van der Waals surface area contributed by atoms with Crippen LogP contribution in [0.15, 0.2) is 12.5 Å². The maximum Gasteiger partial charge on any atom is 0.407 e. The van der Waals surface area contributed by atoms with E-state index < -0.39 is 12.1 Å². The molecular formula is C9H13N3O3. The highest BCUT2D eigenvalue weighted by Crippen LogP contribution is 1.96. The summed E-state index contributed by atoms with van der Waals surface area (Å²) in [6.07, 6.45) is 3.57. The lowest BCUT2D eigenvalue weighted by Crippen LogP contribution is -2.38. The van der Waals surface area contributed by atoms with Crippen molar-refractivity contribution in [3.8, 4) is 0 Å². The van der Waals surface area contributed by atoms with Crippen LogP contribution in [0.4, 0.5) is 4.79 Å². The van der Waals surface area contributed by atoms with Crippen molar-refractivity contribution in [2.45, 2.75) is 19.4 Å². The number of imidazole rings is 1. The van der Waals surface area contributed by atoms with Crippen LogP contribution in [0.3, 0.4) is 0 Å². The highest BCUT2D eigenvalue weighted by Gasteiger charge is 2.12. The number of ether oxygens (including phenoxy) is 1. The summed E-state index contributed by atoms with van der Waals surface area (Å²) in [6.45, 7) is 1.98. The van der Waals surface area contributed by atoms with Crippen LogP contribution in [0.5, 0.6) is 0 Å². The van der Waals surface area contributed by atoms with Gasteiger partial charge in [0.1, 0.15) is 6.29 Å². The molecule has 0 fully saturated rings. The van der Waals surface area contributed by atoms with Gasteiger partial charge in [-0.3, -0.25) is 0 Å². The lowest BCUT2D eigenvalue weighted by atomic mass is 10.2. The zero-order valence-electron chi connectivity index (χ0n) is 8.40. The number of hydrogen-bond acceptors (Lipinski definition) is 4. The molecule has 0 bridgehead atoms. The Labute approximate surface area is 87.0 Å². The minimum atomic E-state index is -0.593. The Morgan fingerprint density at radius 3 is 3.13 bits per heavy atom. The lowest BCUT2D eigenvalue weighted by molar-refractivity contribution is -0.109. The quantitative estimate of drug-likeness (QED) is 0.684. The third-order valence-corrected chi connectivity index (χ3v) is 1.74. The summed E-state index contributed by atoms with van der Waals surface area (Å²) in [5, 5.41) is 2.43. The Balaban J connectivity index is 2.42. The highest BCUT2D eigenvalue weighted by molar-refractivity contribution is 5.73. The molecule has 0 aromatic carbocycles. The van der Waals surface area contributed by atoms with Gasteiger partial charge in [-0.25, -0.2) is 9.78 Å². The van der Waals surface area contributed by atoms with E-state index in [1.807, 2.05) is 0 Å². The highest BCUT2D eigenvalue weighted by atomic mass is 16.5. The van der Waals surface area contributed by atoms with Crippen LogP contribution >= 0.6 is 0 Å². The van der Waals surface area contributed by atoms with Crippen LogP contribution in [-0.4, -0.2) is 35.0 Å². The summed E-state index contributed by atoms with van der Waals surface area (Å²) < 4.78 is 4.66. The second kappa shape index (κ2) is 5.79. The SMILES string of the molecule is CCOC(=O)N[C@H](C=O)Cc1cnc[nH]1. The molecule has 0 saturated heterocycles. The smallest absolute Gasteiger partial charge is 0.407 e. The summed E-state index contributed by atoms with van der Waals surface area (Å²) in [5.74, 6) is 0. The van der Waals surface area contributed by atoms with Gasteiger partial charge in [-0.1, -0.05) is 0 Å². The number of aldehydes is 1. The standard InChI is InChI=1S/C9H13N3O3/c1-2-15-9(14)12-8(5-13)3-7-4-10-6-11-7/h4-6,8H,2-3H2,1H3,(H,10,11)(H,12,14)/t8-/m0/s1. The number of aromatic nitrogens is 2. The van der Waals surface area contributed by atoms with Crippen molar-refractivity contribution >= 4 is 12.4 Å². The Morgan fingerprint density at radius 2 is 2.60 bits per heavy atom. The van der Waals surface area contributed by atoms with Crippen LogP contribution in [0.2, 0.25) is 0 Å². The molecule has 6 heteroatoms. The van der Waals surface area contributed by atoms with E-state index in [1.54, 1.807) is 13.1 Å². The number of rotatable bonds is 5. The molecule has 1 aromatic rings. The van der Waals surface area contributed by atoms with Crippen LogP contribution in [0, 0.1) is 0 Å². The van der Waals surface area contributed by atoms with Crippen molar-refractivity contribution in [3.63, 3.8) is 0 Å². The van der Waals surface area contributed by atoms with Gasteiger partial charge >= 0.3 is 6.09 Å². The largest absolute Gasteiger partial charge is 0.450 e. The number of H-pyrrole nitrogens is 1. The Morgan fingerprint density at radius 1 is 1.80 bits per heavy atom. The monoisotopic (exact) mass is 211 g/mol. The Hall–Kier alpha value is -1.85. The normalized spacial score (nSPS) is 11.8. The molecule has 0 unspecified atom stereocenters. The number of alkyl carbamates (subject to hydrolysis) is 1. The minimum Gasteiger partial charge on any atom is -0.450 e. The van der Waals surface area contributed by atoms with Crippen LogP contribution in [0.25, 0.3) is 0 Å². The number of carbonyl (C=O) groups excluding carboxylic acids is 2. The zero-order valence-corrected chi connectivity index (χ0v) is 8.40. The molecule has 0 radical (unpaired) electrons. The summed E-state index contributed by atoms with van der Waals surface area (Å²) in [5.41, 5.74) is 0.781. The van der Waals surface area contributed by atoms with E-state index in [2.05, 4.69) is 20.0 Å². The van der Waals surface area contributed by atoms with Crippen LogP contribution < -0.4 is 5.32 Å². The second-order valence-corrected chi connectivity index (χ2v) is 2.89. The van der Waals surface area contributed by atoms with E-state index >= 15 is 0 Å². The summed E-state index contributed by atoms with van der Waals surface area (Å²) in [4.78, 5) is 28.3. The van der Waals surface area contributed by atoms with Crippen molar-refractivity contribution in [2.24, 2.45) is 0 Å². The number of nitrogens with one attached hydrogen (secondary N) is 2. The molecule has 15 heavy (non-hydrogen) atoms. The predicted octanol–water partition coefficient (Wildman–Crippen LogP) is 0.266. The molecule has 0 aliphatic heterocycles. The predicted molar refractivity (Wildman–Crippen MR) is 52.3 cm³/mol. The molecule has 0 aliphatic carbocycles. The van der Waals surface area contributed by atoms with Crippen molar-refractivity contribution < 1.29 is 14.3 Å². The van der Waals surface area contributed by atoms with Crippen molar-refractivity contribution in [2.75, 3.05) is 6.61 Å². The maximum atomic E-state index is 11.0. The zero-order chi connectivity index (χ0) is 11.1. The molecule has 1 amide bonds. The third-order valence-electron chi connectivity index (χ3n) is 1.74. The lowest BCUT2D eigenvalue weighted by Gasteiger charge is -2.10. The molecule has 1 atom stereocenters. The van der Waals surface area contributed by atoms with Gasteiger partial charge in [0.25, 0.3) is 0 Å². The summed E-state index contributed by atoms with van der Waals surface area (Å²) >= 11 is 0. The van der Waals surface area contributed by atoms with Gasteiger partial charge in [-0.05, 0) is 6.92 Å². The summed E-state index contributed by atoms with van der Waals surface area (Å²) in [6, 6.07) is -0.593.